The molecule has 2 aromatic rings. The van der Waals surface area contributed by atoms with Gasteiger partial charge >= 0.3 is 5.69 Å². The molecule has 2 N–H and O–H groups in total. The van der Waals surface area contributed by atoms with Crippen LogP contribution in [0.1, 0.15) is 44.2 Å². The summed E-state index contributed by atoms with van der Waals surface area (Å²) in [4.78, 5) is 22.2. The number of hydrazone groups is 1. The molecule has 1 amide bonds. The number of nitro groups is 1. The van der Waals surface area contributed by atoms with Crippen LogP contribution in [0.15, 0.2) is 41.5 Å². The minimum absolute atomic E-state index is 0.0383. The van der Waals surface area contributed by atoms with Crippen molar-refractivity contribution in [2.45, 2.75) is 33.1 Å². The van der Waals surface area contributed by atoms with Crippen LogP contribution in [0.4, 0.5) is 5.69 Å². The number of rotatable bonds is 10. The molecule has 0 bridgehead atoms. The van der Waals surface area contributed by atoms with Gasteiger partial charge in [-0.1, -0.05) is 26.0 Å². The molecule has 160 valence electrons. The van der Waals surface area contributed by atoms with Crippen LogP contribution in [0.3, 0.4) is 0 Å². The first-order chi connectivity index (χ1) is 14.3. The number of hydrogen-bond donors (Lipinski definition) is 2. The van der Waals surface area contributed by atoms with Gasteiger partial charge in [0.1, 0.15) is 5.75 Å². The van der Waals surface area contributed by atoms with E-state index in [1.807, 2.05) is 24.3 Å². The highest BCUT2D eigenvalue weighted by Crippen LogP contribution is 2.36. The van der Waals surface area contributed by atoms with E-state index in [0.29, 0.717) is 11.7 Å². The third-order valence-corrected chi connectivity index (χ3v) is 4.41. The highest BCUT2D eigenvalue weighted by atomic mass is 16.6. The number of hydrogen-bond acceptors (Lipinski definition) is 7. The van der Waals surface area contributed by atoms with Gasteiger partial charge in [0.2, 0.25) is 5.75 Å². The number of nitrogens with one attached hydrogen (secondary N) is 1. The predicted octanol–water partition coefficient (Wildman–Crippen LogP) is 3.74. The van der Waals surface area contributed by atoms with Gasteiger partial charge in [-0.05, 0) is 43.0 Å². The Bertz CT molecular complexity index is 912. The van der Waals surface area contributed by atoms with E-state index in [1.54, 1.807) is 6.92 Å². The van der Waals surface area contributed by atoms with Gasteiger partial charge < -0.3 is 14.6 Å². The van der Waals surface area contributed by atoms with E-state index in [0.717, 1.165) is 12.5 Å². The zero-order valence-corrected chi connectivity index (χ0v) is 17.1. The van der Waals surface area contributed by atoms with Crippen molar-refractivity contribution in [3.05, 3.63) is 57.6 Å². The molecule has 9 heteroatoms. The van der Waals surface area contributed by atoms with Crippen molar-refractivity contribution >= 4 is 17.8 Å². The summed E-state index contributed by atoms with van der Waals surface area (Å²) in [5.74, 6) is -0.0673. The molecule has 2 aromatic carbocycles. The number of carbonyl (C=O) groups excluding carboxylic acids is 1. The average molecular weight is 415 g/mol. The molecule has 0 saturated heterocycles. The van der Waals surface area contributed by atoms with Gasteiger partial charge in [0.25, 0.3) is 5.91 Å². The van der Waals surface area contributed by atoms with Crippen molar-refractivity contribution in [3.8, 4) is 17.2 Å². The first-order valence-corrected chi connectivity index (χ1v) is 9.54. The smallest absolute Gasteiger partial charge is 0.315 e. The second-order valence-electron chi connectivity index (χ2n) is 6.54. The monoisotopic (exact) mass is 415 g/mol. The summed E-state index contributed by atoms with van der Waals surface area (Å²) < 4.78 is 10.6. The van der Waals surface area contributed by atoms with Crippen molar-refractivity contribution in [1.82, 2.24) is 5.43 Å². The molecule has 30 heavy (non-hydrogen) atoms. The number of ether oxygens (including phenoxy) is 2. The molecule has 0 aliphatic heterocycles. The summed E-state index contributed by atoms with van der Waals surface area (Å²) in [6, 6.07) is 10.1. The number of nitro benzene ring substituents is 1. The van der Waals surface area contributed by atoms with Crippen LogP contribution in [-0.2, 0) is 4.79 Å². The lowest BCUT2D eigenvalue weighted by Gasteiger charge is -2.10. The Morgan fingerprint density at radius 1 is 1.27 bits per heavy atom. The number of carbonyl (C=O) groups is 1. The molecule has 0 fully saturated rings. The second kappa shape index (κ2) is 10.8. The molecule has 1 atom stereocenters. The largest absolute Gasteiger partial charge is 0.500 e. The SMILES string of the molecule is CCOc1cc(/C=N/NC(=O)COc2ccc([C@H](C)CC)cc2)cc([N+](=O)[O-])c1O. The van der Waals surface area contributed by atoms with E-state index in [9.17, 15) is 20.0 Å². The Morgan fingerprint density at radius 3 is 2.57 bits per heavy atom. The van der Waals surface area contributed by atoms with E-state index in [4.69, 9.17) is 9.47 Å². The van der Waals surface area contributed by atoms with E-state index >= 15 is 0 Å². The fourth-order valence-corrected chi connectivity index (χ4v) is 2.58. The summed E-state index contributed by atoms with van der Waals surface area (Å²) in [7, 11) is 0. The Labute approximate surface area is 174 Å². The van der Waals surface area contributed by atoms with E-state index < -0.39 is 22.3 Å². The van der Waals surface area contributed by atoms with Crippen LogP contribution in [0.25, 0.3) is 0 Å². The molecule has 0 saturated carbocycles. The molecule has 0 aliphatic rings. The average Bonchev–Trinajstić information content (AvgIpc) is 2.74. The third-order valence-electron chi connectivity index (χ3n) is 4.41. The molecule has 2 rings (SSSR count). The van der Waals surface area contributed by atoms with E-state index in [1.165, 1.54) is 17.8 Å². The lowest BCUT2D eigenvalue weighted by atomic mass is 9.99. The van der Waals surface area contributed by atoms with Crippen LogP contribution in [-0.4, -0.2) is 35.4 Å². The van der Waals surface area contributed by atoms with Gasteiger partial charge in [-0.25, -0.2) is 5.43 Å². The number of amides is 1. The second-order valence-corrected chi connectivity index (χ2v) is 6.54. The van der Waals surface area contributed by atoms with Crippen LogP contribution >= 0.6 is 0 Å². The number of phenols is 1. The summed E-state index contributed by atoms with van der Waals surface area (Å²) >= 11 is 0. The molecule has 0 unspecified atom stereocenters. The lowest BCUT2D eigenvalue weighted by Crippen LogP contribution is -2.24. The van der Waals surface area contributed by atoms with Crippen molar-refractivity contribution in [3.63, 3.8) is 0 Å². The Hall–Kier alpha value is -3.62. The molecule has 0 aliphatic carbocycles. The number of phenolic OH excluding ortho intramolecular Hbond substituents is 1. The molecule has 0 spiro atoms. The van der Waals surface area contributed by atoms with Crippen LogP contribution in [0, 0.1) is 10.1 Å². The highest BCUT2D eigenvalue weighted by molar-refractivity contribution is 5.85. The minimum atomic E-state index is -0.728. The Kier molecular flexibility index (Phi) is 8.16. The highest BCUT2D eigenvalue weighted by Gasteiger charge is 2.19. The fraction of sp³-hybridized carbons (Fsp3) is 0.333. The molecule has 0 aromatic heterocycles. The lowest BCUT2D eigenvalue weighted by molar-refractivity contribution is -0.386. The van der Waals surface area contributed by atoms with Gasteiger partial charge in [-0.2, -0.15) is 5.10 Å². The molecular formula is C21H25N3O6. The van der Waals surface area contributed by atoms with Crippen LogP contribution in [0.2, 0.25) is 0 Å². The first kappa shape index (κ1) is 22.7. The number of benzene rings is 2. The normalized spacial score (nSPS) is 11.8. The topological polar surface area (TPSA) is 123 Å². The minimum Gasteiger partial charge on any atom is -0.500 e. The predicted molar refractivity (Wildman–Crippen MR) is 112 cm³/mol. The van der Waals surface area contributed by atoms with Crippen molar-refractivity contribution in [2.24, 2.45) is 5.10 Å². The Balaban J connectivity index is 1.95. The zero-order chi connectivity index (χ0) is 22.1. The van der Waals surface area contributed by atoms with Gasteiger partial charge in [0, 0.05) is 11.6 Å². The number of aromatic hydroxyl groups is 1. The molecule has 0 radical (unpaired) electrons. The summed E-state index contributed by atoms with van der Waals surface area (Å²) in [5.41, 5.74) is 3.26. The number of nitrogens with zero attached hydrogens (tertiary/aromatic N) is 2. The fourth-order valence-electron chi connectivity index (χ4n) is 2.58. The third kappa shape index (κ3) is 6.20. The first-order valence-electron chi connectivity index (χ1n) is 9.54. The van der Waals surface area contributed by atoms with Crippen molar-refractivity contribution < 1.29 is 24.3 Å². The summed E-state index contributed by atoms with van der Waals surface area (Å²) in [6.07, 6.45) is 2.25. The van der Waals surface area contributed by atoms with E-state index in [2.05, 4.69) is 24.4 Å². The maximum absolute atomic E-state index is 11.9. The summed E-state index contributed by atoms with van der Waals surface area (Å²) in [5, 5.41) is 24.7. The van der Waals surface area contributed by atoms with Crippen LogP contribution < -0.4 is 14.9 Å². The molecular weight excluding hydrogens is 390 g/mol. The van der Waals surface area contributed by atoms with E-state index in [-0.39, 0.29) is 24.5 Å². The van der Waals surface area contributed by atoms with Gasteiger partial charge in [-0.15, -0.1) is 0 Å². The standard InChI is InChI=1S/C21H25N3O6/c1-4-14(3)16-6-8-17(9-7-16)30-13-20(25)23-22-12-15-10-18(24(27)28)21(26)19(11-15)29-5-2/h6-12,14,26H,4-5,13H2,1-3H3,(H,23,25)/b22-12+/t14-/m1/s1. The van der Waals surface area contributed by atoms with Gasteiger partial charge in [-0.3, -0.25) is 14.9 Å². The quantitative estimate of drug-likeness (QED) is 0.346. The van der Waals surface area contributed by atoms with Gasteiger partial charge in [0.05, 0.1) is 17.7 Å². The van der Waals surface area contributed by atoms with Gasteiger partial charge in [0.15, 0.2) is 12.4 Å². The van der Waals surface area contributed by atoms with Crippen molar-refractivity contribution in [2.75, 3.05) is 13.2 Å². The molecule has 0 heterocycles. The molecule has 9 nitrogen and oxygen atoms in total. The Morgan fingerprint density at radius 2 is 1.97 bits per heavy atom. The van der Waals surface area contributed by atoms with Crippen LogP contribution in [0.5, 0.6) is 17.2 Å². The maximum Gasteiger partial charge on any atom is 0.315 e. The van der Waals surface area contributed by atoms with Crippen molar-refractivity contribution in [1.29, 1.82) is 0 Å². The maximum atomic E-state index is 11.9. The summed E-state index contributed by atoms with van der Waals surface area (Å²) in [6.45, 7) is 5.93. The zero-order valence-electron chi connectivity index (χ0n) is 17.1.